The summed E-state index contributed by atoms with van der Waals surface area (Å²) in [6, 6.07) is 0. The summed E-state index contributed by atoms with van der Waals surface area (Å²) in [5, 5.41) is 0. The van der Waals surface area contributed by atoms with Gasteiger partial charge in [0, 0.05) is 0 Å². The van der Waals surface area contributed by atoms with Crippen LogP contribution in [-0.2, 0) is 0 Å². The molecule has 0 aromatic carbocycles. The number of fused-ring (bicyclic) bond motifs is 7. The van der Waals surface area contributed by atoms with Gasteiger partial charge in [0.05, 0.1) is 0 Å². The first-order valence-corrected chi connectivity index (χ1v) is 15.9. The van der Waals surface area contributed by atoms with E-state index in [-0.39, 0.29) is 0 Å². The summed E-state index contributed by atoms with van der Waals surface area (Å²) < 4.78 is 0. The Morgan fingerprint density at radius 2 is 1.35 bits per heavy atom. The summed E-state index contributed by atoms with van der Waals surface area (Å²) >= 11 is 0. The normalized spacial score (nSPS) is 46.8. The third-order valence-electron chi connectivity index (χ3n) is 13.8. The number of rotatable bonds is 1. The van der Waals surface area contributed by atoms with Gasteiger partial charge in [0.1, 0.15) is 0 Å². The van der Waals surface area contributed by atoms with Crippen molar-refractivity contribution in [3.05, 3.63) is 24.8 Å². The predicted octanol–water partition coefficient (Wildman–Crippen LogP) is 11.5. The zero-order valence-corrected chi connectivity index (χ0v) is 26.8. The van der Waals surface area contributed by atoms with Gasteiger partial charge in [-0.15, -0.1) is 19.4 Å². The highest BCUT2D eigenvalue weighted by Crippen LogP contribution is 2.77. The second-order valence-corrected chi connectivity index (χ2v) is 14.8. The smallest absolute Gasteiger partial charge is 0.00622 e. The van der Waals surface area contributed by atoms with E-state index >= 15 is 0 Å². The highest BCUT2D eigenvalue weighted by molar-refractivity contribution is 5.23. The van der Waals surface area contributed by atoms with Crippen LogP contribution in [-0.4, -0.2) is 0 Å². The second-order valence-electron chi connectivity index (χ2n) is 14.8. The van der Waals surface area contributed by atoms with Crippen LogP contribution >= 0.6 is 0 Å². The summed E-state index contributed by atoms with van der Waals surface area (Å²) in [6.45, 7) is 32.3. The highest BCUT2D eigenvalue weighted by Gasteiger charge is 2.69. The minimum atomic E-state index is 0.497. The zero-order chi connectivity index (χ0) is 28.4. The van der Waals surface area contributed by atoms with Crippen molar-refractivity contribution in [2.45, 2.75) is 140 Å². The van der Waals surface area contributed by atoms with Crippen LogP contribution in [0.3, 0.4) is 0 Å². The average Bonchev–Trinajstić information content (AvgIpc) is 3.31. The van der Waals surface area contributed by atoms with Crippen molar-refractivity contribution in [2.75, 3.05) is 0 Å². The van der Waals surface area contributed by atoms with Gasteiger partial charge in [-0.25, -0.2) is 0 Å². The standard InChI is InChI=1S/C30H50.C3H6.C2H6.C2H2/c1-20(2)30-15-9-10-23(30)22-11-12-25-27(6)16-13-21(3)26(4,5)24(27)14-17-29(25,8)28(22,7)18-19-30;1-3-2;2*1-2/h21-25H,1,9-19H2,2-8H3;3H,1H2,2H3;1-2H3;1-2H/t21?,22?,23?,24?,25?,27-,28+,29+,30+;;;/m0.../s1. The molecule has 212 valence electrons. The maximum absolute atomic E-state index is 4.56. The molecular formula is C37H64. The lowest BCUT2D eigenvalue weighted by atomic mass is 9.32. The van der Waals surface area contributed by atoms with E-state index in [1.165, 1.54) is 76.2 Å². The first-order valence-electron chi connectivity index (χ1n) is 15.9. The van der Waals surface area contributed by atoms with Crippen LogP contribution in [0.1, 0.15) is 140 Å². The van der Waals surface area contributed by atoms with Crippen LogP contribution in [0.4, 0.5) is 0 Å². The summed E-state index contributed by atoms with van der Waals surface area (Å²) in [4.78, 5) is 0. The molecule has 5 aliphatic rings. The monoisotopic (exact) mass is 509 g/mol. The molecule has 0 amide bonds. The molecule has 0 aromatic rings. The van der Waals surface area contributed by atoms with Crippen molar-refractivity contribution in [1.29, 1.82) is 0 Å². The third kappa shape index (κ3) is 4.62. The van der Waals surface area contributed by atoms with E-state index in [0.717, 1.165) is 29.6 Å². The van der Waals surface area contributed by atoms with E-state index in [1.807, 2.05) is 20.8 Å². The summed E-state index contributed by atoms with van der Waals surface area (Å²) in [5.41, 5.74) is 4.19. The summed E-state index contributed by atoms with van der Waals surface area (Å²) in [6.07, 6.45) is 26.0. The lowest BCUT2D eigenvalue weighted by Crippen LogP contribution is -2.65. The molecule has 5 fully saturated rings. The average molecular weight is 509 g/mol. The van der Waals surface area contributed by atoms with E-state index in [0.29, 0.717) is 27.1 Å². The Hall–Kier alpha value is -0.960. The van der Waals surface area contributed by atoms with Crippen LogP contribution in [0.2, 0.25) is 0 Å². The van der Waals surface area contributed by atoms with Gasteiger partial charge in [-0.05, 0) is 135 Å². The first-order chi connectivity index (χ1) is 17.3. The fraction of sp³-hybridized carbons (Fsp3) is 0.838. The number of hydrogen-bond acceptors (Lipinski definition) is 0. The third-order valence-corrected chi connectivity index (χ3v) is 13.8. The molecule has 5 aliphatic carbocycles. The maximum atomic E-state index is 4.56. The molecule has 0 bridgehead atoms. The fourth-order valence-corrected chi connectivity index (χ4v) is 11.5. The topological polar surface area (TPSA) is 0 Å². The molecule has 0 N–H and O–H groups in total. The lowest BCUT2D eigenvalue weighted by molar-refractivity contribution is -0.237. The minimum Gasteiger partial charge on any atom is -0.124 e. The van der Waals surface area contributed by atoms with Crippen molar-refractivity contribution in [3.8, 4) is 12.8 Å². The van der Waals surface area contributed by atoms with E-state index < -0.39 is 0 Å². The van der Waals surface area contributed by atoms with E-state index in [2.05, 4.69) is 74.5 Å². The van der Waals surface area contributed by atoms with E-state index in [9.17, 15) is 0 Å². The highest BCUT2D eigenvalue weighted by atomic mass is 14.7. The molecule has 0 aliphatic heterocycles. The molecule has 0 aromatic heterocycles. The van der Waals surface area contributed by atoms with Gasteiger partial charge in [-0.3, -0.25) is 0 Å². The number of terminal acetylenes is 1. The molecular weight excluding hydrogens is 444 g/mol. The van der Waals surface area contributed by atoms with Crippen LogP contribution in [0.15, 0.2) is 24.8 Å². The second kappa shape index (κ2) is 11.6. The Labute approximate surface area is 233 Å². The molecule has 0 nitrogen and oxygen atoms in total. The zero-order valence-electron chi connectivity index (χ0n) is 26.8. The predicted molar refractivity (Wildman–Crippen MR) is 166 cm³/mol. The van der Waals surface area contributed by atoms with Gasteiger partial charge in [0.15, 0.2) is 0 Å². The maximum Gasteiger partial charge on any atom is -0.00622 e. The molecule has 0 radical (unpaired) electrons. The van der Waals surface area contributed by atoms with Crippen molar-refractivity contribution < 1.29 is 0 Å². The van der Waals surface area contributed by atoms with Gasteiger partial charge >= 0.3 is 0 Å². The Kier molecular flexibility index (Phi) is 10.2. The van der Waals surface area contributed by atoms with Gasteiger partial charge < -0.3 is 0 Å². The largest absolute Gasteiger partial charge is 0.124 e. The SMILES string of the molecule is C#C.C=C(C)[C@]12CCCC1C1CCC3[C@@]4(C)CCC(C)C(C)(C)C4CC[C@@]3(C)[C@]1(C)CC2.C=CC.CC. The summed E-state index contributed by atoms with van der Waals surface area (Å²) in [7, 11) is 0. The number of allylic oxidation sites excluding steroid dienone is 2. The van der Waals surface area contributed by atoms with Crippen LogP contribution in [0.25, 0.3) is 0 Å². The quantitative estimate of drug-likeness (QED) is 0.244. The minimum absolute atomic E-state index is 0.497. The Morgan fingerprint density at radius 3 is 1.92 bits per heavy atom. The molecule has 37 heavy (non-hydrogen) atoms. The van der Waals surface area contributed by atoms with Crippen LogP contribution < -0.4 is 0 Å². The van der Waals surface area contributed by atoms with E-state index in [4.69, 9.17) is 0 Å². The molecule has 0 heteroatoms. The van der Waals surface area contributed by atoms with Gasteiger partial charge in [-0.2, -0.15) is 0 Å². The van der Waals surface area contributed by atoms with Gasteiger partial charge in [0.25, 0.3) is 0 Å². The Bertz CT molecular complexity index is 813. The molecule has 0 heterocycles. The number of hydrogen-bond donors (Lipinski definition) is 0. The van der Waals surface area contributed by atoms with Gasteiger partial charge in [0.2, 0.25) is 0 Å². The molecule has 5 saturated carbocycles. The first kappa shape index (κ1) is 32.3. The fourth-order valence-electron chi connectivity index (χ4n) is 11.5. The molecule has 9 atom stereocenters. The van der Waals surface area contributed by atoms with Crippen molar-refractivity contribution >= 4 is 0 Å². The van der Waals surface area contributed by atoms with Crippen molar-refractivity contribution in [2.24, 2.45) is 56.7 Å². The van der Waals surface area contributed by atoms with Crippen molar-refractivity contribution in [3.63, 3.8) is 0 Å². The Balaban J connectivity index is 0.000000630. The van der Waals surface area contributed by atoms with E-state index in [1.54, 1.807) is 6.08 Å². The molecule has 5 rings (SSSR count). The molecule has 0 spiro atoms. The Morgan fingerprint density at radius 1 is 0.757 bits per heavy atom. The molecule has 0 saturated heterocycles. The summed E-state index contributed by atoms with van der Waals surface area (Å²) in [5.74, 6) is 4.63. The van der Waals surface area contributed by atoms with Crippen molar-refractivity contribution in [1.82, 2.24) is 0 Å². The van der Waals surface area contributed by atoms with Crippen LogP contribution in [0.5, 0.6) is 0 Å². The van der Waals surface area contributed by atoms with Gasteiger partial charge in [-0.1, -0.05) is 80.0 Å². The lowest BCUT2D eigenvalue weighted by Gasteiger charge is -2.73. The van der Waals surface area contributed by atoms with Crippen LogP contribution in [0, 0.1) is 69.5 Å². The molecule has 5 unspecified atom stereocenters.